The second-order valence-electron chi connectivity index (χ2n) is 4.56. The van der Waals surface area contributed by atoms with E-state index in [1.54, 1.807) is 0 Å². The average Bonchev–Trinajstić information content (AvgIpc) is 2.99. The van der Waals surface area contributed by atoms with Crippen molar-refractivity contribution in [2.75, 3.05) is 13.2 Å². The summed E-state index contributed by atoms with van der Waals surface area (Å²) in [6.45, 7) is 0.477. The molecule has 0 aliphatic heterocycles. The maximum atomic E-state index is 11.6. The van der Waals surface area contributed by atoms with Crippen molar-refractivity contribution < 1.29 is 28.9 Å². The highest BCUT2D eigenvalue weighted by Crippen LogP contribution is 2.21. The van der Waals surface area contributed by atoms with E-state index < -0.39 is 5.97 Å². The number of aromatic carboxylic acids is 1. The molecule has 0 radical (unpaired) electrons. The van der Waals surface area contributed by atoms with Crippen molar-refractivity contribution in [3.63, 3.8) is 0 Å². The first-order chi connectivity index (χ1) is 10.6. The minimum absolute atomic E-state index is 0.0802. The fourth-order valence-electron chi connectivity index (χ4n) is 1.78. The zero-order valence-corrected chi connectivity index (χ0v) is 11.8. The van der Waals surface area contributed by atoms with E-state index in [0.717, 1.165) is 12.7 Å². The molecule has 0 amide bonds. The molecule has 0 saturated carbocycles. The van der Waals surface area contributed by atoms with Crippen LogP contribution in [0.1, 0.15) is 29.8 Å². The Kier molecular flexibility index (Phi) is 5.31. The van der Waals surface area contributed by atoms with Gasteiger partial charge in [0.25, 0.3) is 0 Å². The lowest BCUT2D eigenvalue weighted by molar-refractivity contribution is -0.612. The summed E-state index contributed by atoms with van der Waals surface area (Å²) in [5, 5.41) is 29.1. The highest BCUT2D eigenvalue weighted by molar-refractivity contribution is 5.85. The molecule has 0 aromatic carbocycles. The zero-order valence-electron chi connectivity index (χ0n) is 11.8. The molecule has 8 heteroatoms. The van der Waals surface area contributed by atoms with Crippen molar-refractivity contribution >= 4 is 5.97 Å². The molecular weight excluding hydrogens is 292 g/mol. The van der Waals surface area contributed by atoms with Crippen LogP contribution in [0.25, 0.3) is 11.5 Å². The predicted octanol–water partition coefficient (Wildman–Crippen LogP) is 1.21. The first kappa shape index (κ1) is 15.8. The standard InChI is InChI=1S/C14H16N2O6/c17-6-2-1-3-7-21-12-8-10(4-5-16(12)20)13-15-11(9-22-13)14(18)19/h4-5,8-9,17H,1-3,6-7H2,(H,18,19). The van der Waals surface area contributed by atoms with Crippen LogP contribution >= 0.6 is 0 Å². The van der Waals surface area contributed by atoms with Crippen molar-refractivity contribution in [1.82, 2.24) is 4.98 Å². The van der Waals surface area contributed by atoms with Gasteiger partial charge in [-0.05, 0) is 19.3 Å². The van der Waals surface area contributed by atoms with E-state index in [-0.39, 0.29) is 24.1 Å². The topological polar surface area (TPSA) is 120 Å². The maximum absolute atomic E-state index is 11.6. The maximum Gasteiger partial charge on any atom is 0.380 e. The van der Waals surface area contributed by atoms with Crippen LogP contribution in [0.3, 0.4) is 0 Å². The second kappa shape index (κ2) is 7.41. The largest absolute Gasteiger partial charge is 0.616 e. The fourth-order valence-corrected chi connectivity index (χ4v) is 1.78. The molecular formula is C14H16N2O6. The van der Waals surface area contributed by atoms with Gasteiger partial charge in [0.05, 0.1) is 18.2 Å². The minimum atomic E-state index is -1.19. The van der Waals surface area contributed by atoms with Gasteiger partial charge in [0, 0.05) is 12.7 Å². The second-order valence-corrected chi connectivity index (χ2v) is 4.56. The molecule has 0 fully saturated rings. The Morgan fingerprint density at radius 1 is 1.41 bits per heavy atom. The Balaban J connectivity index is 2.07. The molecule has 8 nitrogen and oxygen atoms in total. The Morgan fingerprint density at radius 3 is 2.91 bits per heavy atom. The van der Waals surface area contributed by atoms with Crippen LogP contribution in [0.2, 0.25) is 0 Å². The highest BCUT2D eigenvalue weighted by atomic mass is 16.5. The van der Waals surface area contributed by atoms with Gasteiger partial charge in [-0.3, -0.25) is 0 Å². The van der Waals surface area contributed by atoms with E-state index in [4.69, 9.17) is 19.4 Å². The van der Waals surface area contributed by atoms with Crippen LogP contribution in [-0.4, -0.2) is 34.4 Å². The van der Waals surface area contributed by atoms with Crippen molar-refractivity contribution in [1.29, 1.82) is 0 Å². The lowest BCUT2D eigenvalue weighted by Gasteiger charge is -2.07. The number of ether oxygens (including phenoxy) is 1. The highest BCUT2D eigenvalue weighted by Gasteiger charge is 2.15. The normalized spacial score (nSPS) is 10.6. The van der Waals surface area contributed by atoms with E-state index in [9.17, 15) is 10.0 Å². The monoisotopic (exact) mass is 308 g/mol. The average molecular weight is 308 g/mol. The number of hydrogen-bond donors (Lipinski definition) is 2. The summed E-state index contributed by atoms with van der Waals surface area (Å²) in [4.78, 5) is 14.6. The van der Waals surface area contributed by atoms with Gasteiger partial charge in [-0.15, -0.1) is 4.73 Å². The molecule has 0 atom stereocenters. The van der Waals surface area contributed by atoms with Gasteiger partial charge >= 0.3 is 11.8 Å². The lowest BCUT2D eigenvalue weighted by Crippen LogP contribution is -2.28. The molecule has 0 unspecified atom stereocenters. The SMILES string of the molecule is O=C(O)c1coc(-c2cc[n+]([O-])c(OCCCCCO)c2)n1. The van der Waals surface area contributed by atoms with E-state index in [0.29, 0.717) is 29.7 Å². The molecule has 2 N–H and O–H groups in total. The van der Waals surface area contributed by atoms with Crippen LogP contribution < -0.4 is 9.47 Å². The molecule has 118 valence electrons. The summed E-state index contributed by atoms with van der Waals surface area (Å²) in [6, 6.07) is 2.90. The number of carboxylic acids is 1. The molecule has 22 heavy (non-hydrogen) atoms. The van der Waals surface area contributed by atoms with Crippen molar-refractivity contribution in [2.45, 2.75) is 19.3 Å². The number of unbranched alkanes of at least 4 members (excludes halogenated alkanes) is 2. The Labute approximate surface area is 126 Å². The van der Waals surface area contributed by atoms with Crippen LogP contribution in [0, 0.1) is 5.21 Å². The summed E-state index contributed by atoms with van der Waals surface area (Å²) in [5.74, 6) is -1.01. The summed E-state index contributed by atoms with van der Waals surface area (Å²) >= 11 is 0. The van der Waals surface area contributed by atoms with E-state index >= 15 is 0 Å². The molecule has 2 aromatic rings. The van der Waals surface area contributed by atoms with Gasteiger partial charge in [0.15, 0.2) is 11.9 Å². The number of aliphatic hydroxyl groups is 1. The molecule has 2 aromatic heterocycles. The summed E-state index contributed by atoms with van der Waals surface area (Å²) < 4.78 is 11.0. The van der Waals surface area contributed by atoms with E-state index in [1.807, 2.05) is 0 Å². The number of hydrogen-bond acceptors (Lipinski definition) is 6. The number of carbonyl (C=O) groups is 1. The van der Waals surface area contributed by atoms with Crippen LogP contribution in [0.4, 0.5) is 0 Å². The quantitative estimate of drug-likeness (QED) is 0.427. The molecule has 0 aliphatic rings. The van der Waals surface area contributed by atoms with Gasteiger partial charge in [0.1, 0.15) is 6.26 Å². The minimum Gasteiger partial charge on any atom is -0.616 e. The van der Waals surface area contributed by atoms with E-state index in [2.05, 4.69) is 4.98 Å². The molecule has 2 heterocycles. The number of carboxylic acid groups (broad SMARTS) is 1. The molecule has 0 aliphatic carbocycles. The lowest BCUT2D eigenvalue weighted by atomic mass is 10.2. The van der Waals surface area contributed by atoms with Crippen LogP contribution in [0.15, 0.2) is 29.0 Å². The molecule has 0 spiro atoms. The summed E-state index contributed by atoms with van der Waals surface area (Å²) in [7, 11) is 0. The summed E-state index contributed by atoms with van der Waals surface area (Å²) in [5.41, 5.74) is 0.241. The van der Waals surface area contributed by atoms with Gasteiger partial charge in [-0.25, -0.2) is 9.78 Å². The smallest absolute Gasteiger partial charge is 0.380 e. The Morgan fingerprint density at radius 2 is 2.23 bits per heavy atom. The first-order valence-electron chi connectivity index (χ1n) is 6.78. The van der Waals surface area contributed by atoms with Crippen molar-refractivity contribution in [2.24, 2.45) is 0 Å². The number of rotatable bonds is 8. The van der Waals surface area contributed by atoms with Gasteiger partial charge < -0.3 is 24.6 Å². The third-order valence-electron chi connectivity index (χ3n) is 2.91. The summed E-state index contributed by atoms with van der Waals surface area (Å²) in [6.07, 6.45) is 4.48. The number of aliphatic hydroxyl groups excluding tert-OH is 1. The predicted molar refractivity (Wildman–Crippen MR) is 74.3 cm³/mol. The number of pyridine rings is 1. The van der Waals surface area contributed by atoms with Crippen LogP contribution in [0.5, 0.6) is 5.88 Å². The Hall–Kier alpha value is -2.61. The first-order valence-corrected chi connectivity index (χ1v) is 6.78. The van der Waals surface area contributed by atoms with Crippen molar-refractivity contribution in [3.05, 3.63) is 35.5 Å². The van der Waals surface area contributed by atoms with Crippen LogP contribution in [-0.2, 0) is 0 Å². The zero-order chi connectivity index (χ0) is 15.9. The van der Waals surface area contributed by atoms with Gasteiger partial charge in [0.2, 0.25) is 5.89 Å². The Bertz CT molecular complexity index is 640. The third-order valence-corrected chi connectivity index (χ3v) is 2.91. The fraction of sp³-hybridized carbons (Fsp3) is 0.357. The van der Waals surface area contributed by atoms with Gasteiger partial charge in [-0.1, -0.05) is 0 Å². The molecule has 2 rings (SSSR count). The number of aromatic nitrogens is 2. The number of oxazole rings is 1. The molecule has 0 saturated heterocycles. The number of nitrogens with zero attached hydrogens (tertiary/aromatic N) is 2. The van der Waals surface area contributed by atoms with Crippen molar-refractivity contribution in [3.8, 4) is 17.3 Å². The van der Waals surface area contributed by atoms with Gasteiger partial charge in [-0.2, -0.15) is 0 Å². The van der Waals surface area contributed by atoms with E-state index in [1.165, 1.54) is 18.3 Å². The molecule has 0 bridgehead atoms. The third kappa shape index (κ3) is 3.95.